The van der Waals surface area contributed by atoms with Gasteiger partial charge < -0.3 is 0 Å². The summed E-state index contributed by atoms with van der Waals surface area (Å²) in [5.41, 5.74) is 19.8. The van der Waals surface area contributed by atoms with Crippen LogP contribution in [-0.2, 0) is 6.42 Å². The number of hydrogen-bond donors (Lipinski definition) is 0. The van der Waals surface area contributed by atoms with Crippen LogP contribution in [0.1, 0.15) is 33.7 Å². The summed E-state index contributed by atoms with van der Waals surface area (Å²) in [6.45, 7) is 6.92. The van der Waals surface area contributed by atoms with Gasteiger partial charge in [0.05, 0.1) is 11.4 Å². The number of fused-ring (bicyclic) bond motifs is 3. The van der Waals surface area contributed by atoms with E-state index in [4.69, 9.17) is 4.98 Å². The molecule has 1 aliphatic rings. The summed E-state index contributed by atoms with van der Waals surface area (Å²) >= 11 is 0. The molecule has 1 nitrogen and oxygen atoms in total. The van der Waals surface area contributed by atoms with Gasteiger partial charge in [0.15, 0.2) is 0 Å². The highest BCUT2D eigenvalue weighted by atomic mass is 14.7. The van der Waals surface area contributed by atoms with Crippen LogP contribution in [0.3, 0.4) is 0 Å². The zero-order valence-corrected chi connectivity index (χ0v) is 33.1. The molecule has 8 aromatic carbocycles. The predicted molar refractivity (Wildman–Crippen MR) is 249 cm³/mol. The number of rotatable bonds is 7. The number of pyridine rings is 1. The average molecular weight is 754 g/mol. The van der Waals surface area contributed by atoms with Crippen LogP contribution < -0.4 is 0 Å². The Morgan fingerprint density at radius 1 is 0.475 bits per heavy atom. The second-order valence-corrected chi connectivity index (χ2v) is 15.6. The monoisotopic (exact) mass is 753 g/mol. The van der Waals surface area contributed by atoms with Crippen LogP contribution in [0.5, 0.6) is 0 Å². The van der Waals surface area contributed by atoms with Gasteiger partial charge in [0.1, 0.15) is 0 Å². The smallest absolute Gasteiger partial charge is 0.0745 e. The summed E-state index contributed by atoms with van der Waals surface area (Å²) in [7, 11) is 0. The molecule has 0 saturated carbocycles. The van der Waals surface area contributed by atoms with Crippen molar-refractivity contribution < 1.29 is 0 Å². The Hall–Kier alpha value is -7.35. The second kappa shape index (κ2) is 15.5. The van der Waals surface area contributed by atoms with Crippen molar-refractivity contribution in [3.05, 3.63) is 252 Å². The van der Waals surface area contributed by atoms with Crippen LogP contribution in [0.15, 0.2) is 224 Å². The molecule has 9 aromatic rings. The molecule has 0 spiro atoms. The molecule has 1 unspecified atom stereocenters. The lowest BCUT2D eigenvalue weighted by Crippen LogP contribution is -2.00. The first-order valence-electron chi connectivity index (χ1n) is 20.5. The van der Waals surface area contributed by atoms with E-state index in [9.17, 15) is 0 Å². The molecule has 0 amide bonds. The molecule has 0 fully saturated rings. The predicted octanol–water partition coefficient (Wildman–Crippen LogP) is 15.2. The molecule has 0 saturated heterocycles. The van der Waals surface area contributed by atoms with Gasteiger partial charge in [0.25, 0.3) is 0 Å². The van der Waals surface area contributed by atoms with E-state index in [1.54, 1.807) is 0 Å². The molecule has 1 aromatic heterocycles. The van der Waals surface area contributed by atoms with Crippen molar-refractivity contribution in [3.63, 3.8) is 0 Å². The lowest BCUT2D eigenvalue weighted by Gasteiger charge is -2.18. The SMILES string of the molecule is C=C1Cc2ccc3ccccc3c2C(c2cccc(-c3nc(-c4cccc(-c5ccccc5)c4)cc(-c4cccc(-c5ccccc5)c4)c3C)c2)=CC1c1ccccc1. The van der Waals surface area contributed by atoms with Gasteiger partial charge in [-0.3, -0.25) is 0 Å². The highest BCUT2D eigenvalue weighted by Gasteiger charge is 2.25. The molecule has 1 atom stereocenters. The summed E-state index contributed by atoms with van der Waals surface area (Å²) in [5, 5.41) is 2.50. The zero-order chi connectivity index (χ0) is 39.7. The maximum atomic E-state index is 5.55. The van der Waals surface area contributed by atoms with Crippen LogP contribution in [0.4, 0.5) is 0 Å². The summed E-state index contributed by atoms with van der Waals surface area (Å²) in [6, 6.07) is 74.4. The highest BCUT2D eigenvalue weighted by molar-refractivity contribution is 6.00. The van der Waals surface area contributed by atoms with E-state index in [-0.39, 0.29) is 5.92 Å². The minimum atomic E-state index is 0.0737. The van der Waals surface area contributed by atoms with Crippen molar-refractivity contribution in [2.24, 2.45) is 0 Å². The first-order valence-corrected chi connectivity index (χ1v) is 20.5. The summed E-state index contributed by atoms with van der Waals surface area (Å²) in [4.78, 5) is 5.55. The van der Waals surface area contributed by atoms with E-state index in [1.807, 2.05) is 0 Å². The molecule has 1 heterocycles. The number of allylic oxidation sites excluding steroid dienone is 2. The second-order valence-electron chi connectivity index (χ2n) is 15.6. The zero-order valence-electron chi connectivity index (χ0n) is 33.1. The van der Waals surface area contributed by atoms with Crippen LogP contribution in [0.2, 0.25) is 0 Å². The third-order valence-electron chi connectivity index (χ3n) is 11.9. The van der Waals surface area contributed by atoms with E-state index in [1.165, 1.54) is 77.6 Å². The Labute approximate surface area is 347 Å². The van der Waals surface area contributed by atoms with Crippen molar-refractivity contribution in [1.29, 1.82) is 0 Å². The van der Waals surface area contributed by atoms with Gasteiger partial charge >= 0.3 is 0 Å². The minimum absolute atomic E-state index is 0.0737. The first kappa shape index (κ1) is 36.0. The Bertz CT molecular complexity index is 3030. The number of aromatic nitrogens is 1. The topological polar surface area (TPSA) is 12.9 Å². The number of nitrogens with zero attached hydrogens (tertiary/aromatic N) is 1. The standard InChI is InChI=1S/C58H43N/c1-39-33-50-32-31-44-23-12-13-30-52(44)57(50)55(37-53(39)43-21-10-5-11-22-43)48-27-16-29-51(36-48)58-40(2)54(47-26-14-24-45(34-47)41-17-6-3-7-18-41)38-56(59-58)49-28-15-25-46(35-49)42-19-8-4-9-20-42/h3-32,34-38,53H,1,33H2,2H3. The Morgan fingerprint density at radius 3 is 1.73 bits per heavy atom. The maximum absolute atomic E-state index is 5.55. The maximum Gasteiger partial charge on any atom is 0.0745 e. The van der Waals surface area contributed by atoms with Crippen molar-refractivity contribution in [3.8, 4) is 55.9 Å². The van der Waals surface area contributed by atoms with Crippen molar-refractivity contribution >= 4 is 16.3 Å². The Morgan fingerprint density at radius 2 is 1.02 bits per heavy atom. The number of benzene rings is 8. The fourth-order valence-corrected chi connectivity index (χ4v) is 8.89. The molecule has 0 bridgehead atoms. The molecular weight excluding hydrogens is 711 g/mol. The third-order valence-corrected chi connectivity index (χ3v) is 11.9. The molecule has 0 radical (unpaired) electrons. The van der Waals surface area contributed by atoms with E-state index >= 15 is 0 Å². The van der Waals surface area contributed by atoms with Crippen LogP contribution >= 0.6 is 0 Å². The summed E-state index contributed by atoms with van der Waals surface area (Å²) in [5.74, 6) is 0.0737. The van der Waals surface area contributed by atoms with E-state index in [2.05, 4.69) is 226 Å². The molecular formula is C58H43N. The van der Waals surface area contributed by atoms with Crippen LogP contribution in [-0.4, -0.2) is 4.98 Å². The van der Waals surface area contributed by atoms with Gasteiger partial charge in [-0.2, -0.15) is 0 Å². The third kappa shape index (κ3) is 7.02. The lowest BCUT2D eigenvalue weighted by atomic mass is 9.87. The molecule has 10 rings (SSSR count). The van der Waals surface area contributed by atoms with Gasteiger partial charge in [-0.15, -0.1) is 0 Å². The lowest BCUT2D eigenvalue weighted by molar-refractivity contribution is 0.947. The molecule has 59 heavy (non-hydrogen) atoms. The minimum Gasteiger partial charge on any atom is -0.247 e. The van der Waals surface area contributed by atoms with Crippen molar-refractivity contribution in [2.75, 3.05) is 0 Å². The van der Waals surface area contributed by atoms with Crippen molar-refractivity contribution in [1.82, 2.24) is 4.98 Å². The van der Waals surface area contributed by atoms with E-state index < -0.39 is 0 Å². The fraction of sp³-hybridized carbons (Fsp3) is 0.0517. The van der Waals surface area contributed by atoms with Gasteiger partial charge in [0.2, 0.25) is 0 Å². The molecule has 0 N–H and O–H groups in total. The molecule has 1 heteroatoms. The van der Waals surface area contributed by atoms with Gasteiger partial charge in [0, 0.05) is 17.0 Å². The van der Waals surface area contributed by atoms with Crippen molar-refractivity contribution in [2.45, 2.75) is 19.3 Å². The highest BCUT2D eigenvalue weighted by Crippen LogP contribution is 2.43. The molecule has 280 valence electrons. The quantitative estimate of drug-likeness (QED) is 0.148. The Balaban J connectivity index is 1.18. The van der Waals surface area contributed by atoms with Gasteiger partial charge in [-0.25, -0.2) is 4.98 Å². The fourth-order valence-electron chi connectivity index (χ4n) is 8.89. The van der Waals surface area contributed by atoms with Gasteiger partial charge in [-0.05, 0) is 115 Å². The van der Waals surface area contributed by atoms with E-state index in [0.717, 1.165) is 34.5 Å². The first-order chi connectivity index (χ1) is 29.1. The largest absolute Gasteiger partial charge is 0.247 e. The molecule has 1 aliphatic carbocycles. The number of hydrogen-bond acceptors (Lipinski definition) is 1. The van der Waals surface area contributed by atoms with Crippen LogP contribution in [0, 0.1) is 6.92 Å². The summed E-state index contributed by atoms with van der Waals surface area (Å²) < 4.78 is 0. The summed E-state index contributed by atoms with van der Waals surface area (Å²) in [6.07, 6.45) is 3.27. The van der Waals surface area contributed by atoms with Crippen LogP contribution in [0.25, 0.3) is 72.2 Å². The normalized spacial score (nSPS) is 13.7. The Kier molecular flexibility index (Phi) is 9.48. The van der Waals surface area contributed by atoms with Gasteiger partial charge in [-0.1, -0.05) is 200 Å². The average Bonchev–Trinajstić information content (AvgIpc) is 3.46. The molecule has 0 aliphatic heterocycles. The van der Waals surface area contributed by atoms with E-state index in [0.29, 0.717) is 0 Å².